The van der Waals surface area contributed by atoms with Gasteiger partial charge in [0.15, 0.2) is 0 Å². The third-order valence-electron chi connectivity index (χ3n) is 3.89. The fraction of sp³-hybridized carbons (Fsp3) is 0.462. The van der Waals surface area contributed by atoms with Crippen molar-refractivity contribution < 1.29 is 18.0 Å². The summed E-state index contributed by atoms with van der Waals surface area (Å²) < 4.78 is 38.4. The molecular weight excluding hydrogens is 285 g/mol. The van der Waals surface area contributed by atoms with Gasteiger partial charge in [-0.15, -0.1) is 0 Å². The number of alkyl halides is 3. The molecule has 0 aromatic heterocycles. The molecule has 5 nitrogen and oxygen atoms in total. The molecule has 1 aromatic rings. The van der Waals surface area contributed by atoms with E-state index in [0.29, 0.717) is 31.7 Å². The minimum absolute atomic E-state index is 0.00507. The van der Waals surface area contributed by atoms with Crippen LogP contribution in [-0.2, 0) is 6.18 Å². The zero-order valence-corrected chi connectivity index (χ0v) is 11.2. The van der Waals surface area contributed by atoms with E-state index < -0.39 is 17.6 Å². The lowest BCUT2D eigenvalue weighted by atomic mass is 10.0. The van der Waals surface area contributed by atoms with Crippen molar-refractivity contribution in [1.29, 1.82) is 0 Å². The molecule has 1 saturated heterocycles. The predicted octanol–water partition coefficient (Wildman–Crippen LogP) is 1.16. The number of fused-ring (bicyclic) bond motifs is 3. The molecule has 1 atom stereocenters. The quantitative estimate of drug-likeness (QED) is 0.557. The largest absolute Gasteiger partial charge is 0.416 e. The van der Waals surface area contributed by atoms with Gasteiger partial charge in [0.2, 0.25) is 0 Å². The Morgan fingerprint density at radius 3 is 2.76 bits per heavy atom. The van der Waals surface area contributed by atoms with Gasteiger partial charge >= 0.3 is 6.18 Å². The van der Waals surface area contributed by atoms with E-state index in [0.717, 1.165) is 17.1 Å². The van der Waals surface area contributed by atoms with Crippen molar-refractivity contribution in [2.45, 2.75) is 18.8 Å². The zero-order valence-electron chi connectivity index (χ0n) is 11.2. The van der Waals surface area contributed by atoms with Crippen molar-refractivity contribution in [3.63, 3.8) is 0 Å². The van der Waals surface area contributed by atoms with Gasteiger partial charge < -0.3 is 10.2 Å². The number of nitrogens with zero attached hydrogens (tertiary/aromatic N) is 2. The lowest BCUT2D eigenvalue weighted by molar-refractivity contribution is -0.137. The summed E-state index contributed by atoms with van der Waals surface area (Å²) in [5.41, 5.74) is -0.316. The second kappa shape index (κ2) is 4.88. The maximum Gasteiger partial charge on any atom is 0.416 e. The maximum atomic E-state index is 12.8. The van der Waals surface area contributed by atoms with Gasteiger partial charge in [-0.3, -0.25) is 9.80 Å². The summed E-state index contributed by atoms with van der Waals surface area (Å²) in [6, 6.07) is 3.25. The third kappa shape index (κ3) is 2.34. The van der Waals surface area contributed by atoms with Gasteiger partial charge in [0, 0.05) is 19.5 Å². The summed E-state index contributed by atoms with van der Waals surface area (Å²) in [5.74, 6) is 5.24. The van der Waals surface area contributed by atoms with Crippen LogP contribution in [0.2, 0.25) is 0 Å². The molecule has 1 unspecified atom stereocenters. The number of anilines is 1. The van der Waals surface area contributed by atoms with E-state index in [1.165, 1.54) is 6.07 Å². The average molecular weight is 300 g/mol. The molecule has 0 bridgehead atoms. The van der Waals surface area contributed by atoms with Gasteiger partial charge in [0.05, 0.1) is 16.8 Å². The first-order chi connectivity index (χ1) is 9.89. The second-order valence-electron chi connectivity index (χ2n) is 5.15. The molecule has 0 saturated carbocycles. The highest BCUT2D eigenvalue weighted by atomic mass is 19.4. The van der Waals surface area contributed by atoms with E-state index >= 15 is 0 Å². The number of nitrogens with two attached hydrogens (primary N) is 1. The number of amides is 1. The smallest absolute Gasteiger partial charge is 0.348 e. The highest BCUT2D eigenvalue weighted by Gasteiger charge is 2.39. The molecule has 114 valence electrons. The summed E-state index contributed by atoms with van der Waals surface area (Å²) in [6.45, 7) is 1.99. The van der Waals surface area contributed by atoms with Gasteiger partial charge in [-0.05, 0) is 24.7 Å². The topological polar surface area (TPSA) is 61.6 Å². The molecule has 0 aliphatic carbocycles. The van der Waals surface area contributed by atoms with Crippen LogP contribution in [0.4, 0.5) is 18.9 Å². The van der Waals surface area contributed by atoms with Gasteiger partial charge in [-0.1, -0.05) is 0 Å². The van der Waals surface area contributed by atoms with Crippen molar-refractivity contribution >= 4 is 11.6 Å². The Balaban J connectivity index is 2.08. The van der Waals surface area contributed by atoms with E-state index in [1.807, 2.05) is 4.90 Å². The Bertz CT molecular complexity index is 575. The standard InChI is InChI=1S/C13H15F3N4O/c14-13(15,16)8-1-2-10-9(7-8)12(21)20(17)11-3-4-18-5-6-19(10)11/h1-2,7,11,18H,3-6,17H2. The van der Waals surface area contributed by atoms with E-state index in [1.54, 1.807) is 0 Å². The number of nitrogens with one attached hydrogen (secondary N) is 1. The molecule has 2 aliphatic rings. The van der Waals surface area contributed by atoms with Crippen LogP contribution >= 0.6 is 0 Å². The minimum Gasteiger partial charge on any atom is -0.348 e. The third-order valence-corrected chi connectivity index (χ3v) is 3.89. The Labute approximate surface area is 119 Å². The van der Waals surface area contributed by atoms with Crippen LogP contribution < -0.4 is 16.1 Å². The summed E-state index contributed by atoms with van der Waals surface area (Å²) in [7, 11) is 0. The van der Waals surface area contributed by atoms with Gasteiger partial charge in [0.1, 0.15) is 6.17 Å². The first-order valence-electron chi connectivity index (χ1n) is 6.66. The fourth-order valence-electron chi connectivity index (χ4n) is 2.84. The molecule has 1 fully saturated rings. The van der Waals surface area contributed by atoms with Crippen molar-refractivity contribution in [2.75, 3.05) is 24.5 Å². The van der Waals surface area contributed by atoms with Crippen LogP contribution in [0, 0.1) is 0 Å². The molecule has 3 rings (SSSR count). The lowest BCUT2D eigenvalue weighted by Crippen LogP contribution is -2.58. The summed E-state index contributed by atoms with van der Waals surface area (Å²) >= 11 is 0. The van der Waals surface area contributed by atoms with E-state index in [9.17, 15) is 18.0 Å². The van der Waals surface area contributed by atoms with E-state index in [2.05, 4.69) is 5.32 Å². The second-order valence-corrected chi connectivity index (χ2v) is 5.15. The molecule has 2 heterocycles. The molecule has 2 aliphatic heterocycles. The monoisotopic (exact) mass is 300 g/mol. The van der Waals surface area contributed by atoms with Gasteiger partial charge in [-0.2, -0.15) is 13.2 Å². The average Bonchev–Trinajstić information content (AvgIpc) is 2.69. The number of benzene rings is 1. The lowest BCUT2D eigenvalue weighted by Gasteiger charge is -2.42. The highest BCUT2D eigenvalue weighted by Crippen LogP contribution is 2.36. The van der Waals surface area contributed by atoms with E-state index in [-0.39, 0.29) is 11.7 Å². The number of hydrazine groups is 1. The van der Waals surface area contributed by atoms with Gasteiger partial charge in [0.25, 0.3) is 5.91 Å². The summed E-state index contributed by atoms with van der Waals surface area (Å²) in [5, 5.41) is 4.23. The molecular formula is C13H15F3N4O. The SMILES string of the molecule is NN1C(=O)c2cc(C(F)(F)F)ccc2N2CCNCCC12. The van der Waals surface area contributed by atoms with Crippen molar-refractivity contribution in [2.24, 2.45) is 5.84 Å². The fourth-order valence-corrected chi connectivity index (χ4v) is 2.84. The van der Waals surface area contributed by atoms with Crippen LogP contribution in [-0.4, -0.2) is 36.7 Å². The van der Waals surface area contributed by atoms with Crippen molar-refractivity contribution in [3.05, 3.63) is 29.3 Å². The van der Waals surface area contributed by atoms with Crippen molar-refractivity contribution in [1.82, 2.24) is 10.3 Å². The summed E-state index contributed by atoms with van der Waals surface area (Å²) in [4.78, 5) is 14.1. The first-order valence-corrected chi connectivity index (χ1v) is 6.66. The number of halogens is 3. The van der Waals surface area contributed by atoms with Crippen LogP contribution in [0.5, 0.6) is 0 Å². The minimum atomic E-state index is -4.48. The Kier molecular flexibility index (Phi) is 3.29. The Morgan fingerprint density at radius 2 is 2.05 bits per heavy atom. The first kappa shape index (κ1) is 14.2. The molecule has 3 N–H and O–H groups in total. The normalized spacial score (nSPS) is 22.7. The van der Waals surface area contributed by atoms with Crippen LogP contribution in [0.15, 0.2) is 18.2 Å². The number of hydrogen-bond donors (Lipinski definition) is 2. The Morgan fingerprint density at radius 1 is 1.29 bits per heavy atom. The van der Waals surface area contributed by atoms with Crippen LogP contribution in [0.3, 0.4) is 0 Å². The number of carbonyl (C=O) groups excluding carboxylic acids is 1. The zero-order chi connectivity index (χ0) is 15.2. The van der Waals surface area contributed by atoms with Crippen LogP contribution in [0.25, 0.3) is 0 Å². The van der Waals surface area contributed by atoms with Crippen LogP contribution in [0.1, 0.15) is 22.3 Å². The molecule has 1 aromatic carbocycles. The van der Waals surface area contributed by atoms with Gasteiger partial charge in [-0.25, -0.2) is 5.84 Å². The number of rotatable bonds is 0. The highest BCUT2D eigenvalue weighted by molar-refractivity contribution is 6.01. The van der Waals surface area contributed by atoms with E-state index in [4.69, 9.17) is 5.84 Å². The summed E-state index contributed by atoms with van der Waals surface area (Å²) in [6.07, 6.45) is -4.18. The number of hydrogen-bond acceptors (Lipinski definition) is 4. The van der Waals surface area contributed by atoms with Crippen molar-refractivity contribution in [3.8, 4) is 0 Å². The molecule has 1 amide bonds. The Hall–Kier alpha value is -1.80. The predicted molar refractivity (Wildman–Crippen MR) is 70.4 cm³/mol. The number of carbonyl (C=O) groups is 1. The molecule has 0 radical (unpaired) electrons. The maximum absolute atomic E-state index is 12.8. The molecule has 0 spiro atoms. The molecule has 21 heavy (non-hydrogen) atoms. The molecule has 8 heteroatoms.